The fraction of sp³-hybridized carbons (Fsp3) is 0.519. The molecule has 0 bridgehead atoms. The fourth-order valence-electron chi connectivity index (χ4n) is 4.80. The second-order valence-electron chi connectivity index (χ2n) is 9.03. The predicted molar refractivity (Wildman–Crippen MR) is 126 cm³/mol. The fourth-order valence-corrected chi connectivity index (χ4v) is 4.80. The Morgan fingerprint density at radius 2 is 1.87 bits per heavy atom. The lowest BCUT2D eigenvalue weighted by molar-refractivity contribution is 0.193. The molecular weight excluding hydrogens is 384 g/mol. The molecule has 4 rings (SSSR count). The smallest absolute Gasteiger partial charge is 0.217 e. The van der Waals surface area contributed by atoms with Gasteiger partial charge in [-0.05, 0) is 74.4 Å². The summed E-state index contributed by atoms with van der Waals surface area (Å²) in [6.45, 7) is 4.00. The first kappa shape index (κ1) is 21.9. The lowest BCUT2D eigenvalue weighted by Crippen LogP contribution is -2.32. The molecule has 2 aliphatic rings. The summed E-state index contributed by atoms with van der Waals surface area (Å²) in [7, 11) is 1.69. The summed E-state index contributed by atoms with van der Waals surface area (Å²) >= 11 is 0. The van der Waals surface area contributed by atoms with Crippen LogP contribution in [0, 0.1) is 11.8 Å². The van der Waals surface area contributed by atoms with Crippen LogP contribution in [0.2, 0.25) is 0 Å². The highest BCUT2D eigenvalue weighted by Crippen LogP contribution is 2.26. The molecule has 2 aromatic rings. The number of nitrogens with zero attached hydrogens (tertiary/aromatic N) is 2. The van der Waals surface area contributed by atoms with E-state index in [-0.39, 0.29) is 0 Å². The van der Waals surface area contributed by atoms with Crippen LogP contribution >= 0.6 is 0 Å². The maximum atomic E-state index is 6.11. The van der Waals surface area contributed by atoms with E-state index in [4.69, 9.17) is 9.47 Å². The lowest BCUT2D eigenvalue weighted by atomic mass is 9.90. The zero-order chi connectivity index (χ0) is 21.3. The molecule has 2 heterocycles. The van der Waals surface area contributed by atoms with E-state index in [2.05, 4.69) is 52.4 Å². The van der Waals surface area contributed by atoms with E-state index in [0.717, 1.165) is 43.8 Å². The van der Waals surface area contributed by atoms with Gasteiger partial charge < -0.3 is 9.47 Å². The number of likely N-dealkylation sites (tertiary alicyclic amines) is 1. The number of hydrogen-bond donors (Lipinski definition) is 0. The minimum Gasteiger partial charge on any atom is -0.493 e. The van der Waals surface area contributed by atoms with Gasteiger partial charge in [-0.15, -0.1) is 0 Å². The number of aromatic nitrogens is 1. The summed E-state index contributed by atoms with van der Waals surface area (Å²) in [5, 5.41) is 0. The number of hydrogen-bond acceptors (Lipinski definition) is 4. The number of rotatable bonds is 8. The van der Waals surface area contributed by atoms with Crippen LogP contribution in [0.1, 0.15) is 56.1 Å². The van der Waals surface area contributed by atoms with E-state index >= 15 is 0 Å². The van der Waals surface area contributed by atoms with Crippen molar-refractivity contribution >= 4 is 6.08 Å². The monoisotopic (exact) mass is 420 g/mol. The Kier molecular flexibility index (Phi) is 8.00. The van der Waals surface area contributed by atoms with Gasteiger partial charge in [0.2, 0.25) is 5.88 Å². The standard InChI is InChI=1S/C27H36N2O2/c1-30-27-25(10-6-16-28-27)20-29-17-14-22(15-18-29)12-13-23-9-5-11-26(19-23)31-21-24-7-3-2-4-8-24/h5-6,9-13,16,19,22,24H,2-4,7-8,14-15,17-18,20-21H2,1H3/b13-12+. The molecule has 4 heteroatoms. The molecule has 1 saturated heterocycles. The largest absolute Gasteiger partial charge is 0.493 e. The van der Waals surface area contributed by atoms with Crippen molar-refractivity contribution in [2.75, 3.05) is 26.8 Å². The third-order valence-corrected chi connectivity index (χ3v) is 6.70. The first-order valence-electron chi connectivity index (χ1n) is 11.9. The van der Waals surface area contributed by atoms with Crippen molar-refractivity contribution in [1.29, 1.82) is 0 Å². The maximum absolute atomic E-state index is 6.11. The molecule has 1 aliphatic heterocycles. The van der Waals surface area contributed by atoms with Crippen molar-refractivity contribution in [2.45, 2.75) is 51.5 Å². The third-order valence-electron chi connectivity index (χ3n) is 6.70. The van der Waals surface area contributed by atoms with E-state index in [1.54, 1.807) is 13.3 Å². The molecule has 166 valence electrons. The van der Waals surface area contributed by atoms with Crippen LogP contribution in [0.4, 0.5) is 0 Å². The summed E-state index contributed by atoms with van der Waals surface area (Å²) in [5.41, 5.74) is 2.41. The first-order valence-corrected chi connectivity index (χ1v) is 11.9. The van der Waals surface area contributed by atoms with Gasteiger partial charge in [0.05, 0.1) is 13.7 Å². The van der Waals surface area contributed by atoms with Crippen molar-refractivity contribution in [3.63, 3.8) is 0 Å². The van der Waals surface area contributed by atoms with Crippen molar-refractivity contribution in [2.24, 2.45) is 11.8 Å². The summed E-state index contributed by atoms with van der Waals surface area (Å²) in [6, 6.07) is 12.7. The van der Waals surface area contributed by atoms with Crippen molar-refractivity contribution < 1.29 is 9.47 Å². The number of piperidine rings is 1. The Morgan fingerprint density at radius 1 is 1.03 bits per heavy atom. The van der Waals surface area contributed by atoms with Crippen molar-refractivity contribution in [3.8, 4) is 11.6 Å². The van der Waals surface area contributed by atoms with Gasteiger partial charge in [-0.1, -0.05) is 49.6 Å². The highest BCUT2D eigenvalue weighted by atomic mass is 16.5. The average molecular weight is 421 g/mol. The molecule has 0 unspecified atom stereocenters. The van der Waals surface area contributed by atoms with Gasteiger partial charge in [0.15, 0.2) is 0 Å². The predicted octanol–water partition coefficient (Wildman–Crippen LogP) is 5.97. The molecule has 4 nitrogen and oxygen atoms in total. The van der Waals surface area contributed by atoms with Crippen molar-refractivity contribution in [1.82, 2.24) is 9.88 Å². The Balaban J connectivity index is 1.24. The topological polar surface area (TPSA) is 34.6 Å². The van der Waals surface area contributed by atoms with E-state index in [1.165, 1.54) is 56.1 Å². The van der Waals surface area contributed by atoms with Crippen LogP contribution in [-0.2, 0) is 6.54 Å². The van der Waals surface area contributed by atoms with Crippen LogP contribution < -0.4 is 9.47 Å². The summed E-state index contributed by atoms with van der Waals surface area (Å²) < 4.78 is 11.5. The molecule has 0 radical (unpaired) electrons. The normalized spacial score (nSPS) is 19.0. The van der Waals surface area contributed by atoms with Crippen LogP contribution in [0.3, 0.4) is 0 Å². The number of pyridine rings is 1. The first-order chi connectivity index (χ1) is 15.3. The second-order valence-corrected chi connectivity index (χ2v) is 9.03. The summed E-state index contributed by atoms with van der Waals surface area (Å²) in [4.78, 5) is 6.82. The minimum absolute atomic E-state index is 0.638. The SMILES string of the molecule is COc1ncccc1CN1CCC(/C=C/c2cccc(OCC3CCCCC3)c2)CC1. The molecule has 31 heavy (non-hydrogen) atoms. The molecule has 2 fully saturated rings. The van der Waals surface area contributed by atoms with Gasteiger partial charge in [-0.25, -0.2) is 4.98 Å². The lowest BCUT2D eigenvalue weighted by Gasteiger charge is -2.30. The molecule has 1 aromatic heterocycles. The molecule has 1 saturated carbocycles. The molecule has 0 amide bonds. The quantitative estimate of drug-likeness (QED) is 0.526. The van der Waals surface area contributed by atoms with E-state index in [0.29, 0.717) is 5.92 Å². The van der Waals surface area contributed by atoms with Crippen molar-refractivity contribution in [3.05, 3.63) is 59.8 Å². The van der Waals surface area contributed by atoms with Crippen LogP contribution in [0.15, 0.2) is 48.7 Å². The Hall–Kier alpha value is -2.33. The number of benzene rings is 1. The van der Waals surface area contributed by atoms with Crippen LogP contribution in [-0.4, -0.2) is 36.7 Å². The second kappa shape index (κ2) is 11.3. The number of ether oxygens (including phenoxy) is 2. The Bertz CT molecular complexity index is 837. The van der Waals surface area contributed by atoms with Gasteiger partial charge >= 0.3 is 0 Å². The summed E-state index contributed by atoms with van der Waals surface area (Å²) in [6.07, 6.45) is 15.6. The number of methoxy groups -OCH3 is 1. The Morgan fingerprint density at radius 3 is 2.68 bits per heavy atom. The average Bonchev–Trinajstić information content (AvgIpc) is 2.84. The zero-order valence-corrected chi connectivity index (χ0v) is 18.8. The van der Waals surface area contributed by atoms with Gasteiger partial charge in [0.25, 0.3) is 0 Å². The third kappa shape index (κ3) is 6.57. The number of allylic oxidation sites excluding steroid dienone is 1. The molecular formula is C27H36N2O2. The van der Waals surface area contributed by atoms with E-state index in [1.807, 2.05) is 6.07 Å². The van der Waals surface area contributed by atoms with Gasteiger partial charge in [0, 0.05) is 18.3 Å². The van der Waals surface area contributed by atoms with Gasteiger partial charge in [0.1, 0.15) is 5.75 Å². The van der Waals surface area contributed by atoms with E-state index in [9.17, 15) is 0 Å². The molecule has 0 spiro atoms. The molecule has 0 N–H and O–H groups in total. The Labute approximate surface area is 187 Å². The van der Waals surface area contributed by atoms with Crippen LogP contribution in [0.5, 0.6) is 11.6 Å². The minimum atomic E-state index is 0.638. The molecule has 1 aliphatic carbocycles. The van der Waals surface area contributed by atoms with Crippen LogP contribution in [0.25, 0.3) is 6.08 Å². The van der Waals surface area contributed by atoms with E-state index < -0.39 is 0 Å². The highest BCUT2D eigenvalue weighted by Gasteiger charge is 2.19. The zero-order valence-electron chi connectivity index (χ0n) is 18.8. The summed E-state index contributed by atoms with van der Waals surface area (Å²) in [5.74, 6) is 3.13. The molecule has 1 aromatic carbocycles. The molecule has 0 atom stereocenters. The maximum Gasteiger partial charge on any atom is 0.217 e. The van der Waals surface area contributed by atoms with Gasteiger partial charge in [-0.3, -0.25) is 4.90 Å². The highest BCUT2D eigenvalue weighted by molar-refractivity contribution is 5.52. The van der Waals surface area contributed by atoms with Gasteiger partial charge in [-0.2, -0.15) is 0 Å².